The Labute approximate surface area is 146 Å². The van der Waals surface area contributed by atoms with Crippen molar-refractivity contribution in [1.29, 1.82) is 0 Å². The van der Waals surface area contributed by atoms with Crippen LogP contribution in [0, 0.1) is 0 Å². The van der Waals surface area contributed by atoms with Crippen molar-refractivity contribution < 1.29 is 33.3 Å². The lowest BCUT2D eigenvalue weighted by Gasteiger charge is -2.23. The number of aromatic nitrogens is 3. The molecule has 1 fully saturated rings. The summed E-state index contributed by atoms with van der Waals surface area (Å²) in [5.41, 5.74) is -1.66. The molecule has 0 radical (unpaired) electrons. The van der Waals surface area contributed by atoms with Gasteiger partial charge in [0, 0.05) is 20.8 Å². The zero-order valence-electron chi connectivity index (χ0n) is 14.2. The number of hydrogen-bond donors (Lipinski definition) is 1. The number of carbonyl (C=O) groups is 3. The van der Waals surface area contributed by atoms with Crippen molar-refractivity contribution in [2.75, 3.05) is 6.61 Å². The minimum Gasteiger partial charge on any atom is -0.463 e. The molecule has 1 saturated heterocycles. The number of nitrogens with one attached hydrogen (secondary N) is 1. The molecule has 0 aliphatic carbocycles. The van der Waals surface area contributed by atoms with E-state index in [0.29, 0.717) is 0 Å². The first-order chi connectivity index (χ1) is 12.2. The average Bonchev–Trinajstić information content (AvgIpc) is 2.82. The van der Waals surface area contributed by atoms with Gasteiger partial charge >= 0.3 is 23.6 Å². The van der Waals surface area contributed by atoms with Crippen LogP contribution in [0.4, 0.5) is 0 Å². The number of aromatic amines is 1. The minimum absolute atomic E-state index is 0.320. The smallest absolute Gasteiger partial charge is 0.347 e. The molecule has 1 aromatic heterocycles. The molecule has 26 heavy (non-hydrogen) atoms. The van der Waals surface area contributed by atoms with E-state index in [9.17, 15) is 24.0 Å². The van der Waals surface area contributed by atoms with Crippen LogP contribution in [0.15, 0.2) is 15.8 Å². The Balaban J connectivity index is 2.41. The fraction of sp³-hybridized carbons (Fsp3) is 0.571. The van der Waals surface area contributed by atoms with E-state index in [0.717, 1.165) is 24.7 Å². The molecule has 0 amide bonds. The van der Waals surface area contributed by atoms with Crippen molar-refractivity contribution in [1.82, 2.24) is 14.8 Å². The largest absolute Gasteiger partial charge is 0.463 e. The van der Waals surface area contributed by atoms with Gasteiger partial charge in [-0.25, -0.2) is 4.79 Å². The first-order valence-electron chi connectivity index (χ1n) is 7.50. The van der Waals surface area contributed by atoms with Crippen LogP contribution in [0.5, 0.6) is 0 Å². The van der Waals surface area contributed by atoms with Gasteiger partial charge in [-0.2, -0.15) is 9.78 Å². The molecular formula is C14H17N3O9. The highest BCUT2D eigenvalue weighted by Gasteiger charge is 2.51. The Bertz CT molecular complexity index is 814. The summed E-state index contributed by atoms with van der Waals surface area (Å²) < 4.78 is 21.5. The predicted octanol–water partition coefficient (Wildman–Crippen LogP) is -1.74. The second-order valence-corrected chi connectivity index (χ2v) is 5.40. The number of esters is 3. The van der Waals surface area contributed by atoms with Crippen LogP contribution in [0.2, 0.25) is 0 Å². The Morgan fingerprint density at radius 2 is 1.73 bits per heavy atom. The molecule has 142 valence electrons. The molecule has 0 unspecified atom stereocenters. The van der Waals surface area contributed by atoms with Crippen LogP contribution in [0.25, 0.3) is 0 Å². The maximum atomic E-state index is 12.0. The highest BCUT2D eigenvalue weighted by molar-refractivity contribution is 5.67. The average molecular weight is 371 g/mol. The second-order valence-electron chi connectivity index (χ2n) is 5.40. The predicted molar refractivity (Wildman–Crippen MR) is 80.8 cm³/mol. The molecule has 1 aliphatic heterocycles. The van der Waals surface area contributed by atoms with Gasteiger partial charge in [0.05, 0.1) is 0 Å². The quantitative estimate of drug-likeness (QED) is 0.465. The summed E-state index contributed by atoms with van der Waals surface area (Å²) >= 11 is 0. The van der Waals surface area contributed by atoms with E-state index in [-0.39, 0.29) is 6.61 Å². The first kappa shape index (κ1) is 19.3. The second kappa shape index (κ2) is 7.91. The molecule has 12 heteroatoms. The lowest BCUT2D eigenvalue weighted by molar-refractivity contribution is -0.166. The molecule has 0 aromatic carbocycles. The van der Waals surface area contributed by atoms with Gasteiger partial charge in [-0.05, 0) is 0 Å². The van der Waals surface area contributed by atoms with Gasteiger partial charge in [0.1, 0.15) is 18.9 Å². The van der Waals surface area contributed by atoms with Crippen LogP contribution < -0.4 is 11.2 Å². The lowest BCUT2D eigenvalue weighted by Crippen LogP contribution is -2.43. The van der Waals surface area contributed by atoms with Gasteiger partial charge in [0.25, 0.3) is 5.56 Å². The van der Waals surface area contributed by atoms with Gasteiger partial charge in [0.2, 0.25) is 0 Å². The van der Waals surface area contributed by atoms with E-state index in [1.54, 1.807) is 0 Å². The summed E-state index contributed by atoms with van der Waals surface area (Å²) in [5, 5.41) is 3.66. The highest BCUT2D eigenvalue weighted by atomic mass is 16.7. The maximum absolute atomic E-state index is 12.0. The number of H-pyrrole nitrogens is 1. The van der Waals surface area contributed by atoms with E-state index >= 15 is 0 Å². The molecule has 1 aliphatic rings. The standard InChI is InChI=1S/C14H17N3O9/c1-6(18)23-5-9-11(24-7(2)19)12(25-8(3)20)13(26-9)17-14(22)16-10(21)4-15-17/h4,9,11-13H,5H2,1-3H3,(H,16,21,22)/t9-,11-,12+,13-/m1/s1. The number of hydrogen-bond acceptors (Lipinski definition) is 10. The van der Waals surface area contributed by atoms with Gasteiger partial charge in [-0.1, -0.05) is 0 Å². The van der Waals surface area contributed by atoms with Crippen LogP contribution >= 0.6 is 0 Å². The van der Waals surface area contributed by atoms with Crippen molar-refractivity contribution in [2.24, 2.45) is 0 Å². The van der Waals surface area contributed by atoms with Gasteiger partial charge in [-0.15, -0.1) is 0 Å². The van der Waals surface area contributed by atoms with E-state index in [1.807, 2.05) is 4.98 Å². The Morgan fingerprint density at radius 1 is 1.12 bits per heavy atom. The van der Waals surface area contributed by atoms with Crippen molar-refractivity contribution in [3.8, 4) is 0 Å². The topological polar surface area (TPSA) is 156 Å². The van der Waals surface area contributed by atoms with E-state index in [2.05, 4.69) is 5.10 Å². The first-order valence-corrected chi connectivity index (χ1v) is 7.50. The third-order valence-electron chi connectivity index (χ3n) is 3.32. The molecule has 2 rings (SSSR count). The van der Waals surface area contributed by atoms with Gasteiger partial charge in [-0.3, -0.25) is 24.2 Å². The fourth-order valence-corrected chi connectivity index (χ4v) is 2.43. The number of ether oxygens (including phenoxy) is 4. The monoisotopic (exact) mass is 371 g/mol. The highest BCUT2D eigenvalue weighted by Crippen LogP contribution is 2.33. The molecular weight excluding hydrogens is 354 g/mol. The third kappa shape index (κ3) is 4.53. The summed E-state index contributed by atoms with van der Waals surface area (Å²) in [4.78, 5) is 59.1. The molecule has 0 bridgehead atoms. The van der Waals surface area contributed by atoms with Crippen molar-refractivity contribution >= 4 is 17.9 Å². The summed E-state index contributed by atoms with van der Waals surface area (Å²) in [5.74, 6) is -2.04. The molecule has 1 N–H and O–H groups in total. The minimum atomic E-state index is -1.31. The zero-order valence-corrected chi connectivity index (χ0v) is 14.2. The van der Waals surface area contributed by atoms with Crippen molar-refractivity contribution in [2.45, 2.75) is 45.3 Å². The van der Waals surface area contributed by atoms with Crippen molar-refractivity contribution in [3.63, 3.8) is 0 Å². The van der Waals surface area contributed by atoms with Crippen LogP contribution in [0.3, 0.4) is 0 Å². The van der Waals surface area contributed by atoms with Gasteiger partial charge in [0.15, 0.2) is 18.4 Å². The zero-order chi connectivity index (χ0) is 19.4. The molecule has 0 spiro atoms. The van der Waals surface area contributed by atoms with E-state index in [4.69, 9.17) is 18.9 Å². The maximum Gasteiger partial charge on any atom is 0.347 e. The summed E-state index contributed by atoms with van der Waals surface area (Å²) in [6.45, 7) is 3.10. The van der Waals surface area contributed by atoms with Crippen LogP contribution in [-0.2, 0) is 33.3 Å². The molecule has 4 atom stereocenters. The van der Waals surface area contributed by atoms with E-state index in [1.165, 1.54) is 6.92 Å². The third-order valence-corrected chi connectivity index (χ3v) is 3.32. The Hall–Kier alpha value is -3.02. The van der Waals surface area contributed by atoms with Gasteiger partial charge < -0.3 is 18.9 Å². The molecule has 2 heterocycles. The summed E-state index contributed by atoms with van der Waals surface area (Å²) in [7, 11) is 0. The number of rotatable bonds is 5. The Kier molecular flexibility index (Phi) is 5.87. The normalized spacial score (nSPS) is 24.7. The Morgan fingerprint density at radius 3 is 2.27 bits per heavy atom. The van der Waals surface area contributed by atoms with Crippen molar-refractivity contribution in [3.05, 3.63) is 27.0 Å². The summed E-state index contributed by atoms with van der Waals surface area (Å²) in [6, 6.07) is 0. The summed E-state index contributed by atoms with van der Waals surface area (Å²) in [6.07, 6.45) is -3.93. The SMILES string of the molecule is CC(=O)OC[C@H]1O[C@@H](n2ncc(=O)[nH]c2=O)[C@@H](OC(C)=O)[C@@H]1OC(C)=O. The molecule has 12 nitrogen and oxygen atoms in total. The fourth-order valence-electron chi connectivity index (χ4n) is 2.43. The number of nitrogens with zero attached hydrogens (tertiary/aromatic N) is 2. The molecule has 1 aromatic rings. The van der Waals surface area contributed by atoms with Crippen LogP contribution in [0.1, 0.15) is 27.0 Å². The van der Waals surface area contributed by atoms with Crippen LogP contribution in [-0.4, -0.2) is 57.6 Å². The molecule has 0 saturated carbocycles. The van der Waals surface area contributed by atoms with E-state index < -0.39 is 53.7 Å². The lowest BCUT2D eigenvalue weighted by atomic mass is 10.1. The number of carbonyl (C=O) groups excluding carboxylic acids is 3.